The fourth-order valence-corrected chi connectivity index (χ4v) is 3.08. The topological polar surface area (TPSA) is 107 Å². The SMILES string of the molecule is C=Nc1c(Nc2ncc(F)c(Nc3ccc4c(c3)OCCO4)n2)cccc1C(=O)OCC. The van der Waals surface area contributed by atoms with E-state index in [2.05, 4.69) is 32.3 Å². The van der Waals surface area contributed by atoms with Crippen LogP contribution in [0.5, 0.6) is 11.5 Å². The fraction of sp³-hybridized carbons (Fsp3) is 0.182. The van der Waals surface area contributed by atoms with Crippen molar-refractivity contribution in [2.75, 3.05) is 30.5 Å². The van der Waals surface area contributed by atoms with Crippen LogP contribution in [0, 0.1) is 5.82 Å². The second-order valence-corrected chi connectivity index (χ2v) is 6.58. The van der Waals surface area contributed by atoms with Gasteiger partial charge >= 0.3 is 5.97 Å². The quantitative estimate of drug-likeness (QED) is 0.414. The first-order valence-corrected chi connectivity index (χ1v) is 9.82. The molecule has 1 aromatic heterocycles. The normalized spacial score (nSPS) is 12.1. The van der Waals surface area contributed by atoms with Gasteiger partial charge in [0.05, 0.1) is 24.1 Å². The zero-order chi connectivity index (χ0) is 22.5. The van der Waals surface area contributed by atoms with Crippen LogP contribution >= 0.6 is 0 Å². The van der Waals surface area contributed by atoms with Crippen molar-refractivity contribution in [2.45, 2.75) is 6.92 Å². The Balaban J connectivity index is 1.59. The molecule has 0 aliphatic carbocycles. The largest absolute Gasteiger partial charge is 0.486 e. The van der Waals surface area contributed by atoms with Gasteiger partial charge in [0.1, 0.15) is 18.9 Å². The highest BCUT2D eigenvalue weighted by molar-refractivity contribution is 5.99. The Kier molecular flexibility index (Phi) is 6.11. The standard InChI is InChI=1S/C22H20FN5O4/c1-3-30-21(29)14-5-4-6-16(19(14)24-2)27-22-25-12-15(23)20(28-22)26-13-7-8-17-18(11-13)32-10-9-31-17/h4-8,11-12H,2-3,9-10H2,1H3,(H2,25,26,27,28). The van der Waals surface area contributed by atoms with E-state index < -0.39 is 11.8 Å². The number of aromatic nitrogens is 2. The molecule has 1 aliphatic rings. The maximum absolute atomic E-state index is 14.4. The van der Waals surface area contributed by atoms with Crippen molar-refractivity contribution in [2.24, 2.45) is 4.99 Å². The molecule has 0 amide bonds. The Morgan fingerprint density at radius 2 is 2.03 bits per heavy atom. The molecule has 0 fully saturated rings. The Bertz CT molecular complexity index is 1170. The second kappa shape index (κ2) is 9.29. The number of anilines is 4. The Hall–Kier alpha value is -4.21. The summed E-state index contributed by atoms with van der Waals surface area (Å²) in [5.74, 6) is 0.0586. The lowest BCUT2D eigenvalue weighted by atomic mass is 10.1. The molecule has 3 aromatic rings. The predicted octanol–water partition coefficient (Wildman–Crippen LogP) is 4.38. The molecule has 2 aromatic carbocycles. The van der Waals surface area contributed by atoms with Gasteiger partial charge in [-0.3, -0.25) is 4.99 Å². The van der Waals surface area contributed by atoms with Gasteiger partial charge in [-0.15, -0.1) is 0 Å². The fourth-order valence-electron chi connectivity index (χ4n) is 3.08. The molecule has 0 bridgehead atoms. The molecular formula is C22H20FN5O4. The molecule has 2 N–H and O–H groups in total. The number of nitrogens with one attached hydrogen (secondary N) is 2. The molecule has 1 aliphatic heterocycles. The molecule has 32 heavy (non-hydrogen) atoms. The number of ether oxygens (including phenoxy) is 3. The van der Waals surface area contributed by atoms with Crippen LogP contribution in [0.25, 0.3) is 0 Å². The molecule has 0 atom stereocenters. The van der Waals surface area contributed by atoms with Crippen LogP contribution in [0.4, 0.5) is 33.2 Å². The van der Waals surface area contributed by atoms with Crippen LogP contribution in [0.2, 0.25) is 0 Å². The van der Waals surface area contributed by atoms with E-state index in [9.17, 15) is 9.18 Å². The zero-order valence-corrected chi connectivity index (χ0v) is 17.2. The summed E-state index contributed by atoms with van der Waals surface area (Å²) in [5, 5.41) is 5.86. The maximum Gasteiger partial charge on any atom is 0.340 e. The van der Waals surface area contributed by atoms with E-state index in [4.69, 9.17) is 14.2 Å². The van der Waals surface area contributed by atoms with Crippen molar-refractivity contribution in [3.05, 3.63) is 54.0 Å². The molecule has 0 saturated heterocycles. The Morgan fingerprint density at radius 1 is 1.22 bits per heavy atom. The minimum atomic E-state index is -0.646. The number of rotatable bonds is 7. The lowest BCUT2D eigenvalue weighted by Crippen LogP contribution is -2.15. The second-order valence-electron chi connectivity index (χ2n) is 6.58. The predicted molar refractivity (Wildman–Crippen MR) is 118 cm³/mol. The number of halogens is 1. The number of para-hydroxylation sites is 1. The highest BCUT2D eigenvalue weighted by Crippen LogP contribution is 2.34. The number of aliphatic imine (C=N–C) groups is 1. The molecule has 0 spiro atoms. The van der Waals surface area contributed by atoms with Gasteiger partial charge in [-0.25, -0.2) is 14.2 Å². The van der Waals surface area contributed by atoms with Crippen LogP contribution in [0.15, 0.2) is 47.6 Å². The molecule has 10 heteroatoms. The van der Waals surface area contributed by atoms with E-state index >= 15 is 0 Å². The first kappa shape index (κ1) is 21.0. The third kappa shape index (κ3) is 4.43. The molecule has 2 heterocycles. The van der Waals surface area contributed by atoms with Crippen molar-refractivity contribution in [3.8, 4) is 11.5 Å². The third-order valence-electron chi connectivity index (χ3n) is 4.48. The average molecular weight is 437 g/mol. The van der Waals surface area contributed by atoms with E-state index in [0.717, 1.165) is 6.20 Å². The molecule has 4 rings (SSSR count). The number of carbonyl (C=O) groups excluding carboxylic acids is 1. The number of hydrogen-bond acceptors (Lipinski definition) is 9. The summed E-state index contributed by atoms with van der Waals surface area (Å²) in [4.78, 5) is 24.3. The van der Waals surface area contributed by atoms with Crippen molar-refractivity contribution in [3.63, 3.8) is 0 Å². The zero-order valence-electron chi connectivity index (χ0n) is 17.2. The number of esters is 1. The van der Waals surface area contributed by atoms with Gasteiger partial charge in [-0.2, -0.15) is 4.98 Å². The van der Waals surface area contributed by atoms with Gasteiger partial charge in [-0.05, 0) is 37.9 Å². The lowest BCUT2D eigenvalue weighted by Gasteiger charge is -2.19. The van der Waals surface area contributed by atoms with Crippen LogP contribution in [-0.2, 0) is 4.74 Å². The smallest absolute Gasteiger partial charge is 0.340 e. The van der Waals surface area contributed by atoms with E-state index in [-0.39, 0.29) is 29.6 Å². The minimum Gasteiger partial charge on any atom is -0.486 e. The summed E-state index contributed by atoms with van der Waals surface area (Å²) in [6.45, 7) is 6.39. The maximum atomic E-state index is 14.4. The number of fused-ring (bicyclic) bond motifs is 1. The van der Waals surface area contributed by atoms with Gasteiger partial charge in [0.25, 0.3) is 0 Å². The summed E-state index contributed by atoms with van der Waals surface area (Å²) in [7, 11) is 0. The van der Waals surface area contributed by atoms with Crippen LogP contribution in [0.1, 0.15) is 17.3 Å². The summed E-state index contributed by atoms with van der Waals surface area (Å²) in [6.07, 6.45) is 1.03. The van der Waals surface area contributed by atoms with Crippen molar-refractivity contribution in [1.82, 2.24) is 9.97 Å². The van der Waals surface area contributed by atoms with Gasteiger partial charge in [0.2, 0.25) is 5.95 Å². The molecule has 0 saturated carbocycles. The lowest BCUT2D eigenvalue weighted by molar-refractivity contribution is 0.0527. The molecular weight excluding hydrogens is 417 g/mol. The van der Waals surface area contributed by atoms with E-state index in [1.54, 1.807) is 43.3 Å². The van der Waals surface area contributed by atoms with Crippen molar-refractivity contribution < 1.29 is 23.4 Å². The summed E-state index contributed by atoms with van der Waals surface area (Å²) < 4.78 is 30.5. The van der Waals surface area contributed by atoms with E-state index in [1.165, 1.54) is 0 Å². The van der Waals surface area contributed by atoms with Crippen LogP contribution in [-0.4, -0.2) is 42.5 Å². The third-order valence-corrected chi connectivity index (χ3v) is 4.48. The Labute approximate surface area is 183 Å². The highest BCUT2D eigenvalue weighted by Gasteiger charge is 2.17. The van der Waals surface area contributed by atoms with Crippen LogP contribution < -0.4 is 20.1 Å². The summed E-state index contributed by atoms with van der Waals surface area (Å²) in [6, 6.07) is 10.1. The van der Waals surface area contributed by atoms with Gasteiger partial charge in [-0.1, -0.05) is 6.07 Å². The monoisotopic (exact) mass is 437 g/mol. The first-order valence-electron chi connectivity index (χ1n) is 9.82. The number of benzene rings is 2. The molecule has 9 nitrogen and oxygen atoms in total. The van der Waals surface area contributed by atoms with E-state index in [0.29, 0.717) is 36.1 Å². The van der Waals surface area contributed by atoms with Gasteiger partial charge < -0.3 is 24.8 Å². The van der Waals surface area contributed by atoms with Crippen molar-refractivity contribution in [1.29, 1.82) is 0 Å². The highest BCUT2D eigenvalue weighted by atomic mass is 19.1. The molecule has 0 unspecified atom stereocenters. The summed E-state index contributed by atoms with van der Waals surface area (Å²) in [5.41, 5.74) is 1.50. The average Bonchev–Trinajstić information content (AvgIpc) is 2.81. The van der Waals surface area contributed by atoms with Gasteiger partial charge in [0.15, 0.2) is 23.1 Å². The molecule has 0 radical (unpaired) electrons. The summed E-state index contributed by atoms with van der Waals surface area (Å²) >= 11 is 0. The Morgan fingerprint density at radius 3 is 2.81 bits per heavy atom. The number of hydrogen-bond donors (Lipinski definition) is 2. The van der Waals surface area contributed by atoms with Crippen LogP contribution in [0.3, 0.4) is 0 Å². The van der Waals surface area contributed by atoms with Gasteiger partial charge in [0, 0.05) is 11.8 Å². The van der Waals surface area contributed by atoms with Crippen molar-refractivity contribution >= 4 is 41.5 Å². The minimum absolute atomic E-state index is 0.0474. The number of carbonyl (C=O) groups is 1. The first-order chi connectivity index (χ1) is 15.6. The van der Waals surface area contributed by atoms with E-state index in [1.807, 2.05) is 0 Å². The molecule has 164 valence electrons. The number of nitrogens with zero attached hydrogens (tertiary/aromatic N) is 3.